The van der Waals surface area contributed by atoms with Gasteiger partial charge >= 0.3 is 0 Å². The number of non-ortho nitro benzene ring substituents is 1. The zero-order chi connectivity index (χ0) is 16.8. The molecule has 0 aliphatic heterocycles. The van der Waals surface area contributed by atoms with Gasteiger partial charge in [0.2, 0.25) is 0 Å². The molecule has 2 rings (SSSR count). The normalized spacial score (nSPS) is 10.9. The SMILES string of the molecule is CN(Cc1ccc(F)cc1)/C(=C/C#N)c1cccc([N+](=O)[O-])c1. The average Bonchev–Trinajstić information content (AvgIpc) is 2.54. The maximum atomic E-state index is 13.0. The number of hydrogen-bond donors (Lipinski definition) is 0. The highest BCUT2D eigenvalue weighted by Crippen LogP contribution is 2.23. The predicted octanol–water partition coefficient (Wildman–Crippen LogP) is 3.73. The lowest BCUT2D eigenvalue weighted by atomic mass is 10.1. The number of allylic oxidation sites excluding steroid dienone is 1. The van der Waals surface area contributed by atoms with Crippen molar-refractivity contribution in [2.75, 3.05) is 7.05 Å². The van der Waals surface area contributed by atoms with Gasteiger partial charge in [-0.2, -0.15) is 5.26 Å². The van der Waals surface area contributed by atoms with Crippen molar-refractivity contribution < 1.29 is 9.31 Å². The summed E-state index contributed by atoms with van der Waals surface area (Å²) < 4.78 is 13.0. The van der Waals surface area contributed by atoms with Gasteiger partial charge in [-0.05, 0) is 17.7 Å². The van der Waals surface area contributed by atoms with Gasteiger partial charge in [0.1, 0.15) is 5.82 Å². The van der Waals surface area contributed by atoms with Crippen LogP contribution in [0.15, 0.2) is 54.6 Å². The van der Waals surface area contributed by atoms with Crippen LogP contribution in [0.4, 0.5) is 10.1 Å². The molecule has 0 fully saturated rings. The van der Waals surface area contributed by atoms with Gasteiger partial charge in [0.05, 0.1) is 16.7 Å². The van der Waals surface area contributed by atoms with Crippen LogP contribution in [0.5, 0.6) is 0 Å². The Morgan fingerprint density at radius 2 is 2.04 bits per heavy atom. The molecule has 116 valence electrons. The Balaban J connectivity index is 2.29. The van der Waals surface area contributed by atoms with Crippen LogP contribution in [-0.2, 0) is 6.54 Å². The van der Waals surface area contributed by atoms with Gasteiger partial charge in [0.25, 0.3) is 5.69 Å². The zero-order valence-corrected chi connectivity index (χ0v) is 12.4. The van der Waals surface area contributed by atoms with Crippen molar-refractivity contribution in [3.05, 3.63) is 81.7 Å². The smallest absolute Gasteiger partial charge is 0.270 e. The molecule has 0 aliphatic carbocycles. The highest BCUT2D eigenvalue weighted by molar-refractivity contribution is 5.67. The van der Waals surface area contributed by atoms with Gasteiger partial charge in [0, 0.05) is 37.4 Å². The summed E-state index contributed by atoms with van der Waals surface area (Å²) in [7, 11) is 1.77. The van der Waals surface area contributed by atoms with E-state index in [1.54, 1.807) is 36.2 Å². The summed E-state index contributed by atoms with van der Waals surface area (Å²) in [5, 5.41) is 19.9. The van der Waals surface area contributed by atoms with Crippen molar-refractivity contribution in [2.24, 2.45) is 0 Å². The van der Waals surface area contributed by atoms with Crippen molar-refractivity contribution in [1.29, 1.82) is 5.26 Å². The van der Waals surface area contributed by atoms with Gasteiger partial charge in [-0.15, -0.1) is 0 Å². The van der Waals surface area contributed by atoms with Gasteiger partial charge in [0.15, 0.2) is 0 Å². The molecule has 0 spiro atoms. The van der Waals surface area contributed by atoms with Crippen LogP contribution in [0.2, 0.25) is 0 Å². The fourth-order valence-electron chi connectivity index (χ4n) is 2.20. The number of rotatable bonds is 5. The molecule has 5 nitrogen and oxygen atoms in total. The quantitative estimate of drug-likeness (QED) is 0.479. The van der Waals surface area contributed by atoms with Crippen LogP contribution in [-0.4, -0.2) is 16.9 Å². The number of benzene rings is 2. The van der Waals surface area contributed by atoms with Crippen LogP contribution in [0, 0.1) is 27.3 Å². The molecule has 0 radical (unpaired) electrons. The number of nitriles is 1. The predicted molar refractivity (Wildman–Crippen MR) is 84.6 cm³/mol. The molecule has 0 saturated carbocycles. The number of hydrogen-bond acceptors (Lipinski definition) is 4. The molecule has 23 heavy (non-hydrogen) atoms. The van der Waals surface area contributed by atoms with E-state index in [-0.39, 0.29) is 11.5 Å². The molecule has 2 aromatic carbocycles. The van der Waals surface area contributed by atoms with Crippen molar-refractivity contribution in [3.8, 4) is 6.07 Å². The van der Waals surface area contributed by atoms with E-state index in [2.05, 4.69) is 0 Å². The first kappa shape index (κ1) is 16.2. The molecule has 0 saturated heterocycles. The van der Waals surface area contributed by atoms with Crippen molar-refractivity contribution in [3.63, 3.8) is 0 Å². The number of nitro benzene ring substituents is 1. The first-order chi connectivity index (χ1) is 11.0. The lowest BCUT2D eigenvalue weighted by Gasteiger charge is -2.22. The van der Waals surface area contributed by atoms with Crippen LogP contribution < -0.4 is 0 Å². The Morgan fingerprint density at radius 3 is 2.65 bits per heavy atom. The second kappa shape index (κ2) is 7.18. The standard InChI is InChI=1S/C17H14FN3O2/c1-20(12-13-5-7-15(18)8-6-13)17(9-10-19)14-3-2-4-16(11-14)21(22)23/h2-9,11H,12H2,1H3/b17-9+. The number of nitro groups is 1. The highest BCUT2D eigenvalue weighted by atomic mass is 19.1. The molecule has 0 atom stereocenters. The first-order valence-corrected chi connectivity index (χ1v) is 6.81. The Bertz CT molecular complexity index is 779. The number of halogens is 1. The Morgan fingerprint density at radius 1 is 1.35 bits per heavy atom. The van der Waals surface area contributed by atoms with Gasteiger partial charge in [-0.25, -0.2) is 4.39 Å². The Labute approximate surface area is 133 Å². The molecule has 0 unspecified atom stereocenters. The van der Waals surface area contributed by atoms with E-state index in [9.17, 15) is 14.5 Å². The molecule has 0 aromatic heterocycles. The Kier molecular flexibility index (Phi) is 5.05. The highest BCUT2D eigenvalue weighted by Gasteiger charge is 2.12. The largest absolute Gasteiger partial charge is 0.369 e. The third kappa shape index (κ3) is 4.14. The molecule has 2 aromatic rings. The fourth-order valence-corrected chi connectivity index (χ4v) is 2.20. The minimum absolute atomic E-state index is 0.0403. The first-order valence-electron chi connectivity index (χ1n) is 6.81. The second-order valence-electron chi connectivity index (χ2n) is 4.95. The molecule has 0 aliphatic rings. The van der Waals surface area contributed by atoms with E-state index in [0.717, 1.165) is 5.56 Å². The number of nitrogens with zero attached hydrogens (tertiary/aromatic N) is 3. The lowest BCUT2D eigenvalue weighted by molar-refractivity contribution is -0.384. The molecule has 0 N–H and O–H groups in total. The summed E-state index contributed by atoms with van der Waals surface area (Å²) in [4.78, 5) is 12.2. The third-order valence-electron chi connectivity index (χ3n) is 3.30. The maximum absolute atomic E-state index is 13.0. The van der Waals surface area contributed by atoms with Crippen molar-refractivity contribution in [2.45, 2.75) is 6.54 Å². The summed E-state index contributed by atoms with van der Waals surface area (Å²) in [5.74, 6) is -0.317. The summed E-state index contributed by atoms with van der Waals surface area (Å²) in [5.41, 5.74) is 1.95. The van der Waals surface area contributed by atoms with Crippen LogP contribution in [0.3, 0.4) is 0 Å². The fraction of sp³-hybridized carbons (Fsp3) is 0.118. The van der Waals surface area contributed by atoms with Crippen LogP contribution in [0.25, 0.3) is 5.70 Å². The van der Waals surface area contributed by atoms with E-state index < -0.39 is 4.92 Å². The van der Waals surface area contributed by atoms with E-state index in [1.165, 1.54) is 30.3 Å². The maximum Gasteiger partial charge on any atom is 0.270 e. The molecule has 6 heteroatoms. The van der Waals surface area contributed by atoms with Crippen molar-refractivity contribution in [1.82, 2.24) is 4.90 Å². The minimum Gasteiger partial charge on any atom is -0.369 e. The average molecular weight is 311 g/mol. The monoisotopic (exact) mass is 311 g/mol. The van der Waals surface area contributed by atoms with E-state index in [1.807, 2.05) is 6.07 Å². The summed E-state index contributed by atoms with van der Waals surface area (Å²) in [6, 6.07) is 14.1. The third-order valence-corrected chi connectivity index (χ3v) is 3.30. The summed E-state index contributed by atoms with van der Waals surface area (Å²) in [6.07, 6.45) is 1.34. The van der Waals surface area contributed by atoms with E-state index >= 15 is 0 Å². The minimum atomic E-state index is -0.479. The lowest BCUT2D eigenvalue weighted by Crippen LogP contribution is -2.16. The molecular weight excluding hydrogens is 297 g/mol. The molecular formula is C17H14FN3O2. The van der Waals surface area contributed by atoms with E-state index in [0.29, 0.717) is 17.8 Å². The van der Waals surface area contributed by atoms with Gasteiger partial charge in [-0.3, -0.25) is 10.1 Å². The van der Waals surface area contributed by atoms with E-state index in [4.69, 9.17) is 5.26 Å². The summed E-state index contributed by atoms with van der Waals surface area (Å²) >= 11 is 0. The second-order valence-corrected chi connectivity index (χ2v) is 4.95. The van der Waals surface area contributed by atoms with Gasteiger partial charge < -0.3 is 4.90 Å². The molecule has 0 amide bonds. The zero-order valence-electron chi connectivity index (χ0n) is 12.4. The molecule has 0 bridgehead atoms. The molecule has 0 heterocycles. The van der Waals surface area contributed by atoms with Gasteiger partial charge in [-0.1, -0.05) is 24.3 Å². The topological polar surface area (TPSA) is 70.2 Å². The van der Waals surface area contributed by atoms with Crippen molar-refractivity contribution >= 4 is 11.4 Å². The van der Waals surface area contributed by atoms with Crippen LogP contribution in [0.1, 0.15) is 11.1 Å². The Hall–Kier alpha value is -3.20. The summed E-state index contributed by atoms with van der Waals surface area (Å²) in [6.45, 7) is 0.441. The van der Waals surface area contributed by atoms with Crippen LogP contribution >= 0.6 is 0 Å².